The summed E-state index contributed by atoms with van der Waals surface area (Å²) in [6.07, 6.45) is 0.868. The number of fused-ring (bicyclic) bond motifs is 1. The van der Waals surface area contributed by atoms with Crippen LogP contribution in [0.2, 0.25) is 0 Å². The Kier molecular flexibility index (Phi) is 4.93. The van der Waals surface area contributed by atoms with E-state index in [4.69, 9.17) is 0 Å². The van der Waals surface area contributed by atoms with Crippen LogP contribution in [0.25, 0.3) is 0 Å². The second kappa shape index (κ2) is 6.93. The number of amides is 2. The smallest absolute Gasteiger partial charge is 0.315 e. The van der Waals surface area contributed by atoms with Crippen molar-refractivity contribution in [1.82, 2.24) is 9.88 Å². The topological polar surface area (TPSA) is 74.3 Å². The average molecular weight is 442 g/mol. The first-order valence-corrected chi connectivity index (χ1v) is 8.96. The molecule has 1 aromatic heterocycles. The average Bonchev–Trinajstić information content (AvgIpc) is 2.90. The van der Waals surface area contributed by atoms with Gasteiger partial charge in [-0.2, -0.15) is 0 Å². The Morgan fingerprint density at radius 2 is 1.91 bits per heavy atom. The van der Waals surface area contributed by atoms with Crippen LogP contribution in [-0.2, 0) is 22.6 Å². The Morgan fingerprint density at radius 3 is 2.65 bits per heavy atom. The number of rotatable bonds is 2. The zero-order valence-corrected chi connectivity index (χ0v) is 15.4. The van der Waals surface area contributed by atoms with Gasteiger partial charge in [0.2, 0.25) is 0 Å². The number of hydrogen-bond donors (Lipinski definition) is 2. The van der Waals surface area contributed by atoms with Gasteiger partial charge < -0.3 is 10.2 Å². The molecule has 0 saturated carbocycles. The zero-order chi connectivity index (χ0) is 16.4. The molecule has 0 aliphatic carbocycles. The molecule has 0 unspecified atom stereocenters. The van der Waals surface area contributed by atoms with Crippen molar-refractivity contribution < 1.29 is 9.59 Å². The minimum Gasteiger partial charge on any atom is -0.318 e. The monoisotopic (exact) mass is 442 g/mol. The highest BCUT2D eigenvalue weighted by atomic mass is 127. The van der Waals surface area contributed by atoms with E-state index in [0.717, 1.165) is 33.7 Å². The minimum absolute atomic E-state index is 0.480. The van der Waals surface area contributed by atoms with Crippen LogP contribution in [0.5, 0.6) is 0 Å². The lowest BCUT2D eigenvalue weighted by atomic mass is 10.2. The van der Waals surface area contributed by atoms with Crippen molar-refractivity contribution in [3.05, 3.63) is 38.4 Å². The van der Waals surface area contributed by atoms with Crippen LogP contribution < -0.4 is 10.6 Å². The van der Waals surface area contributed by atoms with Crippen molar-refractivity contribution in [3.63, 3.8) is 0 Å². The molecule has 2 amide bonds. The van der Waals surface area contributed by atoms with E-state index in [0.29, 0.717) is 10.8 Å². The molecule has 8 heteroatoms. The molecule has 120 valence electrons. The fourth-order valence-corrected chi connectivity index (χ4v) is 3.69. The van der Waals surface area contributed by atoms with E-state index in [1.165, 1.54) is 11.3 Å². The molecule has 6 nitrogen and oxygen atoms in total. The van der Waals surface area contributed by atoms with Gasteiger partial charge in [-0.15, -0.1) is 11.3 Å². The summed E-state index contributed by atoms with van der Waals surface area (Å²) in [4.78, 5) is 31.7. The summed E-state index contributed by atoms with van der Waals surface area (Å²) < 4.78 is 1.06. The number of hydrogen-bond acceptors (Lipinski definition) is 5. The van der Waals surface area contributed by atoms with Crippen molar-refractivity contribution in [1.29, 1.82) is 0 Å². The number of nitrogens with zero attached hydrogens (tertiary/aromatic N) is 2. The summed E-state index contributed by atoms with van der Waals surface area (Å²) in [5.74, 6) is -1.40. The highest BCUT2D eigenvalue weighted by Crippen LogP contribution is 2.27. The molecule has 0 radical (unpaired) electrons. The normalized spacial score (nSPS) is 14.2. The van der Waals surface area contributed by atoms with Gasteiger partial charge in [0.05, 0.1) is 5.69 Å². The largest absolute Gasteiger partial charge is 0.318 e. The number of benzene rings is 1. The van der Waals surface area contributed by atoms with Gasteiger partial charge in [-0.05, 0) is 53.9 Å². The predicted octanol–water partition coefficient (Wildman–Crippen LogP) is 2.31. The zero-order valence-electron chi connectivity index (χ0n) is 12.4. The van der Waals surface area contributed by atoms with E-state index < -0.39 is 11.8 Å². The molecule has 0 saturated heterocycles. The first kappa shape index (κ1) is 16.3. The van der Waals surface area contributed by atoms with Crippen LogP contribution in [0.4, 0.5) is 10.8 Å². The van der Waals surface area contributed by atoms with Crippen LogP contribution in [-0.4, -0.2) is 35.3 Å². The fourth-order valence-electron chi connectivity index (χ4n) is 2.25. The molecule has 2 N–H and O–H groups in total. The molecular formula is C15H15IN4O2S. The molecule has 0 fully saturated rings. The van der Waals surface area contributed by atoms with Gasteiger partial charge in [-0.1, -0.05) is 0 Å². The van der Waals surface area contributed by atoms with Crippen molar-refractivity contribution in [2.75, 3.05) is 24.2 Å². The minimum atomic E-state index is -0.706. The third kappa shape index (κ3) is 4.06. The number of halogens is 1. The summed E-state index contributed by atoms with van der Waals surface area (Å²) in [6.45, 7) is 1.79. The van der Waals surface area contributed by atoms with E-state index in [1.807, 2.05) is 12.1 Å². The van der Waals surface area contributed by atoms with E-state index in [2.05, 4.69) is 50.2 Å². The van der Waals surface area contributed by atoms with Gasteiger partial charge in [0.1, 0.15) is 0 Å². The van der Waals surface area contributed by atoms with Gasteiger partial charge in [0.15, 0.2) is 5.13 Å². The van der Waals surface area contributed by atoms with Crippen molar-refractivity contribution in [3.8, 4) is 0 Å². The molecule has 0 bridgehead atoms. The van der Waals surface area contributed by atoms with Crippen LogP contribution in [0.1, 0.15) is 10.6 Å². The van der Waals surface area contributed by atoms with Gasteiger partial charge in [-0.25, -0.2) is 4.98 Å². The Hall–Kier alpha value is -1.52. The highest BCUT2D eigenvalue weighted by molar-refractivity contribution is 14.1. The number of carbonyl (C=O) groups is 2. The maximum Gasteiger partial charge on any atom is 0.315 e. The SMILES string of the molecule is CN1CCc2nc(NC(=O)C(=O)Nc3ccc(I)cc3)sc2C1. The van der Waals surface area contributed by atoms with E-state index in [9.17, 15) is 9.59 Å². The number of aromatic nitrogens is 1. The van der Waals surface area contributed by atoms with Gasteiger partial charge in [0, 0.05) is 33.6 Å². The molecule has 0 spiro atoms. The fraction of sp³-hybridized carbons (Fsp3) is 0.267. The molecule has 0 atom stereocenters. The summed E-state index contributed by atoms with van der Waals surface area (Å²) in [5.41, 5.74) is 1.60. The number of nitrogens with one attached hydrogen (secondary N) is 2. The van der Waals surface area contributed by atoms with Crippen LogP contribution in [0.15, 0.2) is 24.3 Å². The van der Waals surface area contributed by atoms with Gasteiger partial charge in [-0.3, -0.25) is 14.9 Å². The Bertz CT molecular complexity index is 744. The Balaban J connectivity index is 1.62. The molecular weight excluding hydrogens is 427 g/mol. The van der Waals surface area contributed by atoms with Crippen molar-refractivity contribution >= 4 is 56.6 Å². The quantitative estimate of drug-likeness (QED) is 0.553. The van der Waals surface area contributed by atoms with Crippen molar-refractivity contribution in [2.24, 2.45) is 0 Å². The molecule has 3 rings (SSSR count). The summed E-state index contributed by atoms with van der Waals surface area (Å²) in [7, 11) is 2.05. The second-order valence-electron chi connectivity index (χ2n) is 5.29. The lowest BCUT2D eigenvalue weighted by Gasteiger charge is -2.20. The molecule has 1 aliphatic rings. The maximum absolute atomic E-state index is 12.0. The van der Waals surface area contributed by atoms with Gasteiger partial charge in [0.25, 0.3) is 0 Å². The standard InChI is InChI=1S/C15H15IN4O2S/c1-20-7-6-11-12(8-20)23-15(18-11)19-14(22)13(21)17-10-4-2-9(16)3-5-10/h2-5H,6-8H2,1H3,(H,17,21)(H,18,19,22). The van der Waals surface area contributed by atoms with E-state index in [1.54, 1.807) is 12.1 Å². The third-order valence-corrected chi connectivity index (χ3v) is 5.17. The third-order valence-electron chi connectivity index (χ3n) is 3.45. The predicted molar refractivity (Wildman–Crippen MR) is 98.6 cm³/mol. The van der Waals surface area contributed by atoms with E-state index in [-0.39, 0.29) is 0 Å². The first-order chi connectivity index (χ1) is 11.0. The molecule has 2 heterocycles. The Labute approximate surface area is 151 Å². The van der Waals surface area contributed by atoms with E-state index >= 15 is 0 Å². The number of thiazole rings is 1. The van der Waals surface area contributed by atoms with Crippen LogP contribution in [0, 0.1) is 3.57 Å². The highest BCUT2D eigenvalue weighted by Gasteiger charge is 2.21. The lowest BCUT2D eigenvalue weighted by molar-refractivity contribution is -0.132. The van der Waals surface area contributed by atoms with Crippen LogP contribution >= 0.6 is 33.9 Å². The maximum atomic E-state index is 12.0. The lowest BCUT2D eigenvalue weighted by Crippen LogP contribution is -2.29. The van der Waals surface area contributed by atoms with Crippen LogP contribution in [0.3, 0.4) is 0 Å². The second-order valence-corrected chi connectivity index (χ2v) is 7.62. The summed E-state index contributed by atoms with van der Waals surface area (Å²) in [5, 5.41) is 5.63. The Morgan fingerprint density at radius 1 is 1.22 bits per heavy atom. The summed E-state index contributed by atoms with van der Waals surface area (Å²) >= 11 is 3.60. The molecule has 2 aromatic rings. The number of anilines is 2. The molecule has 1 aliphatic heterocycles. The molecule has 23 heavy (non-hydrogen) atoms. The number of likely N-dealkylation sites (N-methyl/N-ethyl adjacent to an activating group) is 1. The van der Waals surface area contributed by atoms with Crippen molar-refractivity contribution in [2.45, 2.75) is 13.0 Å². The van der Waals surface area contributed by atoms with Gasteiger partial charge >= 0.3 is 11.8 Å². The first-order valence-electron chi connectivity index (χ1n) is 7.06. The summed E-state index contributed by atoms with van der Waals surface area (Å²) in [6, 6.07) is 7.23. The number of carbonyl (C=O) groups excluding carboxylic acids is 2. The molecule has 1 aromatic carbocycles.